The molecular formula is C14H23N3O2S. The molecule has 0 aromatic carbocycles. The maximum atomic E-state index is 12.6. The standard InChI is InChI=1S/C14H23N3O2S/c1-14(2,3)12-11(20-10-15-12)13(19)17-6-4-16(5-7-17)8-9-18/h10,18H,4-9H2,1-3H3. The van der Waals surface area contributed by atoms with Crippen LogP contribution in [0.5, 0.6) is 0 Å². The predicted molar refractivity (Wildman–Crippen MR) is 80.2 cm³/mol. The number of carbonyl (C=O) groups excluding carboxylic acids is 1. The van der Waals surface area contributed by atoms with Gasteiger partial charge in [0, 0.05) is 38.1 Å². The minimum Gasteiger partial charge on any atom is -0.395 e. The van der Waals surface area contributed by atoms with Crippen molar-refractivity contribution in [3.8, 4) is 0 Å². The third kappa shape index (κ3) is 3.37. The van der Waals surface area contributed by atoms with Gasteiger partial charge in [-0.15, -0.1) is 11.3 Å². The molecular weight excluding hydrogens is 274 g/mol. The fourth-order valence-corrected chi connectivity index (χ4v) is 3.36. The first kappa shape index (κ1) is 15.4. The van der Waals surface area contributed by atoms with Gasteiger partial charge in [-0.3, -0.25) is 9.69 Å². The predicted octanol–water partition coefficient (Wildman–Crippen LogP) is 1.19. The van der Waals surface area contributed by atoms with E-state index in [1.54, 1.807) is 5.51 Å². The molecule has 1 fully saturated rings. The van der Waals surface area contributed by atoms with Crippen molar-refractivity contribution in [3.05, 3.63) is 16.1 Å². The van der Waals surface area contributed by atoms with Gasteiger partial charge in [0.25, 0.3) is 5.91 Å². The second-order valence-electron chi connectivity index (χ2n) is 6.14. The van der Waals surface area contributed by atoms with Crippen LogP contribution in [0.1, 0.15) is 36.1 Å². The van der Waals surface area contributed by atoms with E-state index < -0.39 is 0 Å². The summed E-state index contributed by atoms with van der Waals surface area (Å²) < 4.78 is 0. The lowest BCUT2D eigenvalue weighted by molar-refractivity contribution is 0.0617. The summed E-state index contributed by atoms with van der Waals surface area (Å²) in [5.41, 5.74) is 2.55. The summed E-state index contributed by atoms with van der Waals surface area (Å²) in [6.45, 7) is 10.2. The molecule has 0 aliphatic carbocycles. The number of aliphatic hydroxyl groups excluding tert-OH is 1. The van der Waals surface area contributed by atoms with Gasteiger partial charge < -0.3 is 10.0 Å². The number of amides is 1. The van der Waals surface area contributed by atoms with Gasteiger partial charge in [0.05, 0.1) is 17.8 Å². The Kier molecular flexibility index (Phi) is 4.78. The highest BCUT2D eigenvalue weighted by Crippen LogP contribution is 2.28. The van der Waals surface area contributed by atoms with E-state index in [2.05, 4.69) is 30.7 Å². The van der Waals surface area contributed by atoms with Crippen molar-refractivity contribution in [1.82, 2.24) is 14.8 Å². The number of nitrogens with zero attached hydrogens (tertiary/aromatic N) is 3. The smallest absolute Gasteiger partial charge is 0.265 e. The molecule has 0 bridgehead atoms. The Bertz CT molecular complexity index is 459. The first-order valence-corrected chi connectivity index (χ1v) is 7.88. The number of thiazole rings is 1. The van der Waals surface area contributed by atoms with Gasteiger partial charge in [-0.2, -0.15) is 0 Å². The second kappa shape index (κ2) is 6.20. The van der Waals surface area contributed by atoms with E-state index in [0.717, 1.165) is 36.8 Å². The third-order valence-electron chi connectivity index (χ3n) is 3.55. The number of β-amino-alcohol motifs (C(OH)–C–C–N with tert-alkyl or cyclic N) is 1. The largest absolute Gasteiger partial charge is 0.395 e. The zero-order chi connectivity index (χ0) is 14.8. The quantitative estimate of drug-likeness (QED) is 0.910. The van der Waals surface area contributed by atoms with E-state index in [1.165, 1.54) is 11.3 Å². The van der Waals surface area contributed by atoms with Crippen LogP contribution in [0.2, 0.25) is 0 Å². The Balaban J connectivity index is 2.05. The van der Waals surface area contributed by atoms with Gasteiger partial charge in [-0.05, 0) is 0 Å². The molecule has 1 aliphatic rings. The van der Waals surface area contributed by atoms with Crippen molar-refractivity contribution < 1.29 is 9.90 Å². The molecule has 112 valence electrons. The van der Waals surface area contributed by atoms with E-state index >= 15 is 0 Å². The molecule has 2 rings (SSSR count). The number of hydrogen-bond donors (Lipinski definition) is 1. The maximum absolute atomic E-state index is 12.6. The Hall–Kier alpha value is -0.980. The van der Waals surface area contributed by atoms with Crippen molar-refractivity contribution >= 4 is 17.2 Å². The van der Waals surface area contributed by atoms with Gasteiger partial charge in [0.15, 0.2) is 0 Å². The molecule has 1 amide bonds. The summed E-state index contributed by atoms with van der Waals surface area (Å²) >= 11 is 1.43. The molecule has 0 atom stereocenters. The normalized spacial score (nSPS) is 17.5. The summed E-state index contributed by atoms with van der Waals surface area (Å²) in [5, 5.41) is 8.94. The number of piperazine rings is 1. The van der Waals surface area contributed by atoms with Gasteiger partial charge in [0.1, 0.15) is 4.88 Å². The zero-order valence-corrected chi connectivity index (χ0v) is 13.2. The molecule has 2 heterocycles. The Morgan fingerprint density at radius 2 is 2.00 bits per heavy atom. The molecule has 0 radical (unpaired) electrons. The molecule has 20 heavy (non-hydrogen) atoms. The molecule has 0 spiro atoms. The van der Waals surface area contributed by atoms with Crippen molar-refractivity contribution in [1.29, 1.82) is 0 Å². The highest BCUT2D eigenvalue weighted by Gasteiger charge is 2.29. The first-order chi connectivity index (χ1) is 9.43. The van der Waals surface area contributed by atoms with Gasteiger partial charge in [-0.1, -0.05) is 20.8 Å². The highest BCUT2D eigenvalue weighted by molar-refractivity contribution is 7.11. The lowest BCUT2D eigenvalue weighted by Crippen LogP contribution is -2.49. The van der Waals surface area contributed by atoms with Crippen LogP contribution in [-0.4, -0.2) is 65.1 Å². The van der Waals surface area contributed by atoms with Crippen molar-refractivity contribution in [2.24, 2.45) is 0 Å². The number of aliphatic hydroxyl groups is 1. The average molecular weight is 297 g/mol. The van der Waals surface area contributed by atoms with E-state index in [4.69, 9.17) is 5.11 Å². The van der Waals surface area contributed by atoms with E-state index in [9.17, 15) is 4.79 Å². The van der Waals surface area contributed by atoms with Crippen LogP contribution < -0.4 is 0 Å². The van der Waals surface area contributed by atoms with Crippen molar-refractivity contribution in [3.63, 3.8) is 0 Å². The molecule has 1 aromatic heterocycles. The Morgan fingerprint density at radius 3 is 2.55 bits per heavy atom. The monoisotopic (exact) mass is 297 g/mol. The minimum atomic E-state index is -0.107. The first-order valence-electron chi connectivity index (χ1n) is 7.00. The maximum Gasteiger partial charge on any atom is 0.265 e. The third-order valence-corrected chi connectivity index (χ3v) is 4.36. The van der Waals surface area contributed by atoms with Gasteiger partial charge in [0.2, 0.25) is 0 Å². The average Bonchev–Trinajstić information content (AvgIpc) is 2.88. The van der Waals surface area contributed by atoms with Gasteiger partial charge >= 0.3 is 0 Å². The Labute approximate surface area is 124 Å². The second-order valence-corrected chi connectivity index (χ2v) is 6.99. The zero-order valence-electron chi connectivity index (χ0n) is 12.4. The van der Waals surface area contributed by atoms with Crippen LogP contribution in [0.3, 0.4) is 0 Å². The van der Waals surface area contributed by atoms with Crippen LogP contribution >= 0.6 is 11.3 Å². The SMILES string of the molecule is CC(C)(C)c1ncsc1C(=O)N1CCN(CCO)CC1. The van der Waals surface area contributed by atoms with Crippen LogP contribution in [0.15, 0.2) is 5.51 Å². The number of carbonyl (C=O) groups is 1. The van der Waals surface area contributed by atoms with Crippen LogP contribution in [-0.2, 0) is 5.41 Å². The van der Waals surface area contributed by atoms with Gasteiger partial charge in [-0.25, -0.2) is 4.98 Å². The molecule has 6 heteroatoms. The summed E-state index contributed by atoms with van der Waals surface area (Å²) in [4.78, 5) is 21.8. The molecule has 1 aliphatic heterocycles. The number of hydrogen-bond acceptors (Lipinski definition) is 5. The molecule has 1 saturated heterocycles. The number of rotatable bonds is 3. The topological polar surface area (TPSA) is 56.7 Å². The summed E-state index contributed by atoms with van der Waals surface area (Å²) in [5.74, 6) is 0.0982. The van der Waals surface area contributed by atoms with Crippen molar-refractivity contribution in [2.75, 3.05) is 39.3 Å². The lowest BCUT2D eigenvalue weighted by atomic mass is 9.91. The fraction of sp³-hybridized carbons (Fsp3) is 0.714. The highest BCUT2D eigenvalue weighted by atomic mass is 32.1. The summed E-state index contributed by atoms with van der Waals surface area (Å²) in [6, 6.07) is 0. The lowest BCUT2D eigenvalue weighted by Gasteiger charge is -2.34. The fourth-order valence-electron chi connectivity index (χ4n) is 2.39. The van der Waals surface area contributed by atoms with Crippen LogP contribution in [0, 0.1) is 0 Å². The Morgan fingerprint density at radius 1 is 1.35 bits per heavy atom. The van der Waals surface area contributed by atoms with Crippen LogP contribution in [0.25, 0.3) is 0 Å². The molecule has 0 unspecified atom stereocenters. The van der Waals surface area contributed by atoms with E-state index in [1.807, 2.05) is 4.90 Å². The summed E-state index contributed by atoms with van der Waals surface area (Å²) in [6.07, 6.45) is 0. The van der Waals surface area contributed by atoms with E-state index in [-0.39, 0.29) is 17.9 Å². The minimum absolute atomic E-state index is 0.0982. The molecule has 1 aromatic rings. The van der Waals surface area contributed by atoms with Crippen LogP contribution in [0.4, 0.5) is 0 Å². The number of aromatic nitrogens is 1. The molecule has 1 N–H and O–H groups in total. The van der Waals surface area contributed by atoms with E-state index in [0.29, 0.717) is 6.54 Å². The molecule has 0 saturated carbocycles. The van der Waals surface area contributed by atoms with Crippen molar-refractivity contribution in [2.45, 2.75) is 26.2 Å². The molecule has 5 nitrogen and oxygen atoms in total. The summed E-state index contributed by atoms with van der Waals surface area (Å²) in [7, 11) is 0.